The lowest BCUT2D eigenvalue weighted by molar-refractivity contribution is -0.115. The molecule has 24 heavy (non-hydrogen) atoms. The fraction of sp³-hybridized carbons (Fsp3) is 0. The Kier molecular flexibility index (Phi) is 3.95. The highest BCUT2D eigenvalue weighted by Crippen LogP contribution is 2.32. The van der Waals surface area contributed by atoms with Gasteiger partial charge in [0.05, 0.1) is 4.91 Å². The van der Waals surface area contributed by atoms with E-state index >= 15 is 0 Å². The van der Waals surface area contributed by atoms with Gasteiger partial charge in [-0.1, -0.05) is 24.0 Å². The van der Waals surface area contributed by atoms with Crippen molar-refractivity contribution in [3.05, 3.63) is 52.1 Å². The molecule has 1 N–H and O–H groups in total. The first kappa shape index (κ1) is 15.5. The summed E-state index contributed by atoms with van der Waals surface area (Å²) in [6, 6.07) is 5.65. The van der Waals surface area contributed by atoms with E-state index < -0.39 is 0 Å². The Morgan fingerprint density at radius 2 is 2.17 bits per heavy atom. The minimum atomic E-state index is -0.207. The topological polar surface area (TPSA) is 68.0 Å². The van der Waals surface area contributed by atoms with Crippen LogP contribution in [0.15, 0.2) is 50.7 Å². The zero-order chi connectivity index (χ0) is 16.7. The van der Waals surface area contributed by atoms with Crippen LogP contribution in [0.4, 0.5) is 0 Å². The average molecular weight is 418 g/mol. The van der Waals surface area contributed by atoms with Crippen LogP contribution in [0.5, 0.6) is 0 Å². The van der Waals surface area contributed by atoms with Gasteiger partial charge >= 0.3 is 0 Å². The number of furan rings is 1. The molecule has 1 saturated heterocycles. The highest BCUT2D eigenvalue weighted by atomic mass is 79.9. The zero-order valence-corrected chi connectivity index (χ0v) is 15.2. The Labute approximate surface area is 154 Å². The summed E-state index contributed by atoms with van der Waals surface area (Å²) < 4.78 is 7.15. The number of fused-ring (bicyclic) bond motifs is 1. The number of carbonyl (C=O) groups is 1. The number of thiocarbonyl (C=S) groups is 1. The van der Waals surface area contributed by atoms with Gasteiger partial charge in [-0.15, -0.1) is 0 Å². The number of nitrogens with zero attached hydrogens (tertiary/aromatic N) is 2. The molecule has 3 aromatic rings. The van der Waals surface area contributed by atoms with Crippen molar-refractivity contribution in [3.8, 4) is 11.1 Å². The molecule has 118 valence electrons. The van der Waals surface area contributed by atoms with Crippen LogP contribution in [-0.2, 0) is 4.79 Å². The maximum Gasteiger partial charge on any atom is 0.263 e. The number of carbonyl (C=O) groups excluding carboxylic acids is 1. The highest BCUT2D eigenvalue weighted by molar-refractivity contribution is 9.10. The van der Waals surface area contributed by atoms with Crippen molar-refractivity contribution in [3.63, 3.8) is 0 Å². The van der Waals surface area contributed by atoms with E-state index in [1.54, 1.807) is 24.7 Å². The number of pyridine rings is 2. The monoisotopic (exact) mass is 417 g/mol. The minimum absolute atomic E-state index is 0.207. The van der Waals surface area contributed by atoms with Gasteiger partial charge in [-0.05, 0) is 34.1 Å². The molecule has 5 nitrogen and oxygen atoms in total. The first-order valence-corrected chi connectivity index (χ1v) is 8.86. The Bertz CT molecular complexity index is 1010. The molecule has 4 rings (SSSR count). The largest absolute Gasteiger partial charge is 0.456 e. The fourth-order valence-electron chi connectivity index (χ4n) is 2.34. The number of thioether (sulfide) groups is 1. The van der Waals surface area contributed by atoms with Crippen LogP contribution in [0.3, 0.4) is 0 Å². The van der Waals surface area contributed by atoms with Crippen LogP contribution < -0.4 is 5.32 Å². The molecule has 0 bridgehead atoms. The van der Waals surface area contributed by atoms with Crippen molar-refractivity contribution in [2.24, 2.45) is 0 Å². The second kappa shape index (κ2) is 6.12. The number of aromatic nitrogens is 2. The van der Waals surface area contributed by atoms with E-state index in [1.807, 2.05) is 18.2 Å². The number of halogens is 1. The third kappa shape index (κ3) is 2.88. The predicted octanol–water partition coefficient (Wildman–Crippen LogP) is 4.14. The predicted molar refractivity (Wildman–Crippen MR) is 101 cm³/mol. The summed E-state index contributed by atoms with van der Waals surface area (Å²) in [6.07, 6.45) is 6.89. The summed E-state index contributed by atoms with van der Waals surface area (Å²) in [7, 11) is 0. The number of nitrogens with one attached hydrogen (secondary N) is 1. The molecule has 1 amide bonds. The second-order valence-corrected chi connectivity index (χ2v) is 7.51. The van der Waals surface area contributed by atoms with Gasteiger partial charge < -0.3 is 9.73 Å². The number of hydrogen-bond donors (Lipinski definition) is 1. The molecule has 0 radical (unpaired) electrons. The van der Waals surface area contributed by atoms with E-state index in [9.17, 15) is 4.79 Å². The molecule has 0 spiro atoms. The molecule has 0 unspecified atom stereocenters. The SMILES string of the molecule is O=C1NC(=S)SC1=Cc1cc2cncc(-c3ccc(Br)nc3)c2o1. The molecule has 8 heteroatoms. The van der Waals surface area contributed by atoms with Gasteiger partial charge in [0, 0.05) is 41.2 Å². The number of rotatable bonds is 2. The van der Waals surface area contributed by atoms with Crippen LogP contribution >= 0.6 is 39.9 Å². The molecule has 0 aliphatic carbocycles. The fourth-order valence-corrected chi connectivity index (χ4v) is 3.60. The number of amides is 1. The van der Waals surface area contributed by atoms with Crippen molar-refractivity contribution in [2.75, 3.05) is 0 Å². The second-order valence-electron chi connectivity index (χ2n) is 4.98. The quantitative estimate of drug-likeness (QED) is 0.383. The Balaban J connectivity index is 1.80. The van der Waals surface area contributed by atoms with E-state index in [1.165, 1.54) is 11.8 Å². The number of hydrogen-bond acceptors (Lipinski definition) is 6. The van der Waals surface area contributed by atoms with Crippen LogP contribution in [0.25, 0.3) is 28.2 Å². The summed E-state index contributed by atoms with van der Waals surface area (Å²) in [6.45, 7) is 0. The van der Waals surface area contributed by atoms with E-state index in [0.29, 0.717) is 20.6 Å². The normalized spacial score (nSPS) is 16.1. The lowest BCUT2D eigenvalue weighted by Crippen LogP contribution is -2.17. The van der Waals surface area contributed by atoms with Crippen molar-refractivity contribution in [2.45, 2.75) is 0 Å². The molecule has 1 aliphatic heterocycles. The maximum atomic E-state index is 11.8. The van der Waals surface area contributed by atoms with E-state index in [2.05, 4.69) is 31.2 Å². The zero-order valence-electron chi connectivity index (χ0n) is 11.9. The van der Waals surface area contributed by atoms with E-state index in [-0.39, 0.29) is 5.91 Å². The Morgan fingerprint density at radius 3 is 2.88 bits per heavy atom. The van der Waals surface area contributed by atoms with Crippen LogP contribution in [0.2, 0.25) is 0 Å². The van der Waals surface area contributed by atoms with Gasteiger partial charge in [0.25, 0.3) is 5.91 Å². The lowest BCUT2D eigenvalue weighted by atomic mass is 10.1. The van der Waals surface area contributed by atoms with Gasteiger partial charge in [-0.2, -0.15) is 0 Å². The molecule has 1 fully saturated rings. The van der Waals surface area contributed by atoms with Crippen molar-refractivity contribution >= 4 is 67.2 Å². The molecule has 0 atom stereocenters. The Hall–Kier alpha value is -2.03. The van der Waals surface area contributed by atoms with Gasteiger partial charge in [0.2, 0.25) is 0 Å². The standard InChI is InChI=1S/C16H8BrN3O2S2/c17-13-2-1-8(6-19-13)11-7-18-5-9-3-10(22-14(9)11)4-12-15(21)20-16(23)24-12/h1-7H,(H,20,21,23). The average Bonchev–Trinajstić information content (AvgIpc) is 3.10. The summed E-state index contributed by atoms with van der Waals surface area (Å²) in [5.74, 6) is 0.368. The molecule has 4 heterocycles. The van der Waals surface area contributed by atoms with Crippen LogP contribution in [-0.4, -0.2) is 20.2 Å². The van der Waals surface area contributed by atoms with E-state index in [0.717, 1.165) is 21.1 Å². The molecule has 0 aromatic carbocycles. The van der Waals surface area contributed by atoms with Crippen molar-refractivity contribution in [1.82, 2.24) is 15.3 Å². The van der Waals surface area contributed by atoms with Crippen molar-refractivity contribution < 1.29 is 9.21 Å². The van der Waals surface area contributed by atoms with Gasteiger partial charge in [-0.25, -0.2) is 4.98 Å². The van der Waals surface area contributed by atoms with Gasteiger partial charge in [0.1, 0.15) is 20.3 Å². The smallest absolute Gasteiger partial charge is 0.263 e. The van der Waals surface area contributed by atoms with Gasteiger partial charge in [0.15, 0.2) is 0 Å². The summed E-state index contributed by atoms with van der Waals surface area (Å²) in [4.78, 5) is 20.8. The van der Waals surface area contributed by atoms with Crippen LogP contribution in [0, 0.1) is 0 Å². The highest BCUT2D eigenvalue weighted by Gasteiger charge is 2.22. The Morgan fingerprint density at radius 1 is 1.29 bits per heavy atom. The third-order valence-electron chi connectivity index (χ3n) is 3.40. The van der Waals surface area contributed by atoms with Crippen LogP contribution in [0.1, 0.15) is 5.76 Å². The molecule has 1 aliphatic rings. The third-order valence-corrected chi connectivity index (χ3v) is 5.03. The van der Waals surface area contributed by atoms with Gasteiger partial charge in [-0.3, -0.25) is 9.78 Å². The molecule has 3 aromatic heterocycles. The van der Waals surface area contributed by atoms with E-state index in [4.69, 9.17) is 16.6 Å². The summed E-state index contributed by atoms with van der Waals surface area (Å²) in [5, 5.41) is 3.44. The first-order valence-electron chi connectivity index (χ1n) is 6.84. The minimum Gasteiger partial charge on any atom is -0.456 e. The van der Waals surface area contributed by atoms with Crippen molar-refractivity contribution in [1.29, 1.82) is 0 Å². The summed E-state index contributed by atoms with van der Waals surface area (Å²) >= 11 is 9.53. The maximum absolute atomic E-state index is 11.8. The molecular formula is C16H8BrN3O2S2. The first-order chi connectivity index (χ1) is 11.6. The lowest BCUT2D eigenvalue weighted by Gasteiger charge is -2.01. The molecular weight excluding hydrogens is 410 g/mol. The molecule has 0 saturated carbocycles. The summed E-state index contributed by atoms with van der Waals surface area (Å²) in [5.41, 5.74) is 2.45.